The van der Waals surface area contributed by atoms with Gasteiger partial charge in [-0.1, -0.05) is 18.2 Å². The Labute approximate surface area is 108 Å². The van der Waals surface area contributed by atoms with Crippen LogP contribution in [-0.4, -0.2) is 40.7 Å². The lowest BCUT2D eigenvalue weighted by atomic mass is 10.0. The smallest absolute Gasteiger partial charge is 0.394 e. The van der Waals surface area contributed by atoms with Crippen LogP contribution in [0.15, 0.2) is 24.3 Å². The van der Waals surface area contributed by atoms with E-state index in [9.17, 15) is 13.2 Å². The number of aliphatic hydroxyl groups excluding tert-OH is 3. The first-order chi connectivity index (χ1) is 8.87. The maximum Gasteiger partial charge on any atom is 0.416 e. The fourth-order valence-electron chi connectivity index (χ4n) is 1.46. The van der Waals surface area contributed by atoms with Gasteiger partial charge in [-0.3, -0.25) is 0 Å². The van der Waals surface area contributed by atoms with Crippen molar-refractivity contribution in [3.63, 3.8) is 0 Å². The van der Waals surface area contributed by atoms with Gasteiger partial charge in [0, 0.05) is 6.54 Å². The summed E-state index contributed by atoms with van der Waals surface area (Å²) in [4.78, 5) is 0. The number of hydrogen-bond donors (Lipinski definition) is 4. The first-order valence-electron chi connectivity index (χ1n) is 5.60. The van der Waals surface area contributed by atoms with Crippen molar-refractivity contribution in [3.05, 3.63) is 35.4 Å². The van der Waals surface area contributed by atoms with Crippen LogP contribution in [0.1, 0.15) is 11.1 Å². The molecule has 0 amide bonds. The van der Waals surface area contributed by atoms with Crippen molar-refractivity contribution in [2.45, 2.75) is 18.3 Å². The first kappa shape index (κ1) is 15.9. The largest absolute Gasteiger partial charge is 0.416 e. The van der Waals surface area contributed by atoms with E-state index in [0.29, 0.717) is 5.56 Å². The zero-order valence-electron chi connectivity index (χ0n) is 10.1. The summed E-state index contributed by atoms with van der Waals surface area (Å²) in [5.41, 5.74) is -1.74. The van der Waals surface area contributed by atoms with Gasteiger partial charge in [0.05, 0.1) is 30.9 Å². The lowest BCUT2D eigenvalue weighted by molar-refractivity contribution is -0.137. The van der Waals surface area contributed by atoms with E-state index in [-0.39, 0.29) is 6.54 Å². The third-order valence-corrected chi connectivity index (χ3v) is 2.83. The molecule has 0 bridgehead atoms. The molecule has 19 heavy (non-hydrogen) atoms. The Balaban J connectivity index is 2.78. The molecule has 0 unspecified atom stereocenters. The zero-order valence-corrected chi connectivity index (χ0v) is 10.1. The molecule has 0 spiro atoms. The van der Waals surface area contributed by atoms with Crippen LogP contribution in [0.3, 0.4) is 0 Å². The number of rotatable bonds is 6. The van der Waals surface area contributed by atoms with E-state index >= 15 is 0 Å². The second kappa shape index (κ2) is 6.33. The highest BCUT2D eigenvalue weighted by molar-refractivity contribution is 5.25. The minimum absolute atomic E-state index is 0.00833. The Kier molecular flexibility index (Phi) is 5.30. The van der Waals surface area contributed by atoms with E-state index in [1.54, 1.807) is 0 Å². The highest BCUT2D eigenvalue weighted by Gasteiger charge is 2.31. The Morgan fingerprint density at radius 3 is 2.05 bits per heavy atom. The molecule has 0 aliphatic heterocycles. The third-order valence-electron chi connectivity index (χ3n) is 2.83. The molecule has 0 saturated heterocycles. The van der Waals surface area contributed by atoms with Gasteiger partial charge in [-0.25, -0.2) is 0 Å². The highest BCUT2D eigenvalue weighted by atomic mass is 19.4. The molecule has 108 valence electrons. The van der Waals surface area contributed by atoms with Gasteiger partial charge in [-0.05, 0) is 11.6 Å². The zero-order chi connectivity index (χ0) is 14.5. The number of hydrogen-bond acceptors (Lipinski definition) is 4. The summed E-state index contributed by atoms with van der Waals surface area (Å²) < 4.78 is 37.5. The number of benzene rings is 1. The maximum absolute atomic E-state index is 12.5. The minimum Gasteiger partial charge on any atom is -0.394 e. The summed E-state index contributed by atoms with van der Waals surface area (Å²) in [6, 6.07) is 4.70. The molecule has 0 atom stereocenters. The van der Waals surface area contributed by atoms with Crippen molar-refractivity contribution in [1.82, 2.24) is 5.32 Å². The number of halogens is 3. The number of alkyl halides is 3. The van der Waals surface area contributed by atoms with Crippen molar-refractivity contribution in [3.8, 4) is 0 Å². The molecule has 0 aliphatic carbocycles. The average Bonchev–Trinajstić information content (AvgIpc) is 2.40. The first-order valence-corrected chi connectivity index (χ1v) is 5.60. The summed E-state index contributed by atoms with van der Waals surface area (Å²) in [6.45, 7) is -1.59. The van der Waals surface area contributed by atoms with Gasteiger partial charge in [0.25, 0.3) is 0 Å². The molecule has 0 heterocycles. The standard InChI is InChI=1S/C12H16F3NO3/c13-12(14,15)10-3-1-2-9(4-10)5-16-11(6-17,7-18)8-19/h1-4,16-19H,5-8H2. The molecular weight excluding hydrogens is 263 g/mol. The molecule has 4 N–H and O–H groups in total. The Bertz CT molecular complexity index is 397. The van der Waals surface area contributed by atoms with Gasteiger partial charge >= 0.3 is 6.18 Å². The molecule has 1 aromatic carbocycles. The number of nitrogens with one attached hydrogen (secondary N) is 1. The summed E-state index contributed by atoms with van der Waals surface area (Å²) in [5.74, 6) is 0. The quantitative estimate of drug-likeness (QED) is 0.612. The molecule has 0 aromatic heterocycles. The minimum atomic E-state index is -4.42. The molecule has 1 rings (SSSR count). The van der Waals surface area contributed by atoms with Crippen LogP contribution >= 0.6 is 0 Å². The predicted octanol–water partition coefficient (Wildman–Crippen LogP) is 0.511. The maximum atomic E-state index is 12.5. The summed E-state index contributed by atoms with van der Waals surface area (Å²) in [6.07, 6.45) is -4.42. The second-order valence-electron chi connectivity index (χ2n) is 4.31. The van der Waals surface area contributed by atoms with Gasteiger partial charge < -0.3 is 20.6 Å². The van der Waals surface area contributed by atoms with Gasteiger partial charge in [0.15, 0.2) is 0 Å². The average molecular weight is 279 g/mol. The van der Waals surface area contributed by atoms with Crippen molar-refractivity contribution in [2.24, 2.45) is 0 Å². The Morgan fingerprint density at radius 2 is 1.58 bits per heavy atom. The molecule has 0 fully saturated rings. The monoisotopic (exact) mass is 279 g/mol. The van der Waals surface area contributed by atoms with Gasteiger partial charge in [-0.2, -0.15) is 13.2 Å². The molecule has 4 nitrogen and oxygen atoms in total. The topological polar surface area (TPSA) is 72.7 Å². The van der Waals surface area contributed by atoms with Gasteiger partial charge in [-0.15, -0.1) is 0 Å². The predicted molar refractivity (Wildman–Crippen MR) is 62.3 cm³/mol. The Hall–Kier alpha value is -1.15. The molecule has 1 aromatic rings. The molecule has 0 aliphatic rings. The molecular formula is C12H16F3NO3. The third kappa shape index (κ3) is 4.17. The number of aliphatic hydroxyl groups is 3. The Morgan fingerprint density at radius 1 is 1.00 bits per heavy atom. The van der Waals surface area contributed by atoms with Crippen molar-refractivity contribution in [1.29, 1.82) is 0 Å². The highest BCUT2D eigenvalue weighted by Crippen LogP contribution is 2.29. The lowest BCUT2D eigenvalue weighted by Gasteiger charge is -2.29. The van der Waals surface area contributed by atoms with E-state index < -0.39 is 37.1 Å². The van der Waals surface area contributed by atoms with E-state index in [0.717, 1.165) is 12.1 Å². The van der Waals surface area contributed by atoms with Crippen LogP contribution in [0.5, 0.6) is 0 Å². The van der Waals surface area contributed by atoms with Crippen LogP contribution in [0, 0.1) is 0 Å². The van der Waals surface area contributed by atoms with Crippen LogP contribution in [-0.2, 0) is 12.7 Å². The fourth-order valence-corrected chi connectivity index (χ4v) is 1.46. The molecule has 0 saturated carbocycles. The normalized spacial score (nSPS) is 12.7. The summed E-state index contributed by atoms with van der Waals surface area (Å²) >= 11 is 0. The van der Waals surface area contributed by atoms with Crippen LogP contribution in [0.2, 0.25) is 0 Å². The van der Waals surface area contributed by atoms with Crippen LogP contribution in [0.25, 0.3) is 0 Å². The van der Waals surface area contributed by atoms with Gasteiger partial charge in [0.1, 0.15) is 0 Å². The van der Waals surface area contributed by atoms with Crippen molar-refractivity contribution < 1.29 is 28.5 Å². The van der Waals surface area contributed by atoms with Crippen molar-refractivity contribution in [2.75, 3.05) is 19.8 Å². The lowest BCUT2D eigenvalue weighted by Crippen LogP contribution is -2.54. The van der Waals surface area contributed by atoms with E-state index in [1.165, 1.54) is 12.1 Å². The summed E-state index contributed by atoms with van der Waals surface area (Å²) in [7, 11) is 0. The second-order valence-corrected chi connectivity index (χ2v) is 4.31. The van der Waals surface area contributed by atoms with Crippen LogP contribution in [0.4, 0.5) is 13.2 Å². The van der Waals surface area contributed by atoms with Crippen LogP contribution < -0.4 is 5.32 Å². The summed E-state index contributed by atoms with van der Waals surface area (Å²) in [5, 5.41) is 29.9. The van der Waals surface area contributed by atoms with Crippen molar-refractivity contribution >= 4 is 0 Å². The SMILES string of the molecule is OCC(CO)(CO)NCc1cccc(C(F)(F)F)c1. The van der Waals surface area contributed by atoms with E-state index in [4.69, 9.17) is 15.3 Å². The molecule has 0 radical (unpaired) electrons. The fraction of sp³-hybridized carbons (Fsp3) is 0.500. The van der Waals surface area contributed by atoms with E-state index in [2.05, 4.69) is 5.32 Å². The molecule has 7 heteroatoms. The van der Waals surface area contributed by atoms with E-state index in [1.807, 2.05) is 0 Å². The van der Waals surface area contributed by atoms with Gasteiger partial charge in [0.2, 0.25) is 0 Å².